The highest BCUT2D eigenvalue weighted by atomic mass is 35.5. The molecule has 1 fully saturated rings. The summed E-state index contributed by atoms with van der Waals surface area (Å²) in [4.78, 5) is 16.4. The fourth-order valence-corrected chi connectivity index (χ4v) is 4.65. The van der Waals surface area contributed by atoms with Crippen molar-refractivity contribution in [1.29, 1.82) is 0 Å². The van der Waals surface area contributed by atoms with Crippen LogP contribution < -0.4 is 5.32 Å². The molecule has 0 spiro atoms. The number of hydrogen-bond acceptors (Lipinski definition) is 4. The number of anilines is 1. The van der Waals surface area contributed by atoms with Gasteiger partial charge in [0.05, 0.1) is 11.3 Å². The number of nitrogens with zero attached hydrogens (tertiary/aromatic N) is 2. The van der Waals surface area contributed by atoms with Crippen molar-refractivity contribution in [3.8, 4) is 0 Å². The Morgan fingerprint density at radius 3 is 2.52 bits per heavy atom. The van der Waals surface area contributed by atoms with Crippen LogP contribution in [-0.2, 0) is 10.0 Å². The van der Waals surface area contributed by atoms with Crippen LogP contribution in [0.25, 0.3) is 0 Å². The molecule has 25 heavy (non-hydrogen) atoms. The molecule has 3 rings (SSSR count). The lowest BCUT2D eigenvalue weighted by molar-refractivity contribution is 0.102. The average Bonchev–Trinajstić information content (AvgIpc) is 2.63. The molecule has 1 N–H and O–H groups in total. The molecule has 0 unspecified atom stereocenters. The van der Waals surface area contributed by atoms with E-state index in [9.17, 15) is 13.2 Å². The number of pyridine rings is 1. The van der Waals surface area contributed by atoms with Gasteiger partial charge in [-0.1, -0.05) is 30.2 Å². The number of nitrogens with one attached hydrogen (secondary N) is 1. The van der Waals surface area contributed by atoms with Crippen LogP contribution in [0.15, 0.2) is 47.5 Å². The van der Waals surface area contributed by atoms with Crippen molar-refractivity contribution in [3.63, 3.8) is 0 Å². The fraction of sp³-hybridized carbons (Fsp3) is 0.294. The van der Waals surface area contributed by atoms with Crippen LogP contribution in [0, 0.1) is 0 Å². The van der Waals surface area contributed by atoms with Crippen LogP contribution >= 0.6 is 11.6 Å². The SMILES string of the molecule is O=C(Nc1ccccc1S(=O)(=O)N1CCCCC1)c1cccnc1Cl. The number of hydrogen-bond donors (Lipinski definition) is 1. The maximum absolute atomic E-state index is 12.9. The van der Waals surface area contributed by atoms with Gasteiger partial charge in [0.2, 0.25) is 10.0 Å². The first kappa shape index (κ1) is 17.8. The van der Waals surface area contributed by atoms with E-state index in [4.69, 9.17) is 11.6 Å². The van der Waals surface area contributed by atoms with Gasteiger partial charge in [-0.3, -0.25) is 4.79 Å². The van der Waals surface area contributed by atoms with Crippen molar-refractivity contribution in [2.75, 3.05) is 18.4 Å². The van der Waals surface area contributed by atoms with Crippen molar-refractivity contribution >= 4 is 33.2 Å². The predicted octanol–water partition coefficient (Wildman–Crippen LogP) is 3.16. The molecule has 0 atom stereocenters. The first-order valence-electron chi connectivity index (χ1n) is 8.01. The van der Waals surface area contributed by atoms with Gasteiger partial charge < -0.3 is 5.32 Å². The van der Waals surface area contributed by atoms with E-state index < -0.39 is 15.9 Å². The Morgan fingerprint density at radius 1 is 1.08 bits per heavy atom. The first-order valence-corrected chi connectivity index (χ1v) is 9.83. The molecule has 0 saturated carbocycles. The van der Waals surface area contributed by atoms with Crippen LogP contribution in [-0.4, -0.2) is 36.7 Å². The Kier molecular flexibility index (Phi) is 5.36. The molecule has 2 heterocycles. The minimum absolute atomic E-state index is 0.0661. The third-order valence-corrected chi connectivity index (χ3v) is 6.33. The largest absolute Gasteiger partial charge is 0.321 e. The number of amides is 1. The lowest BCUT2D eigenvalue weighted by Crippen LogP contribution is -2.36. The Bertz CT molecular complexity index is 880. The summed E-state index contributed by atoms with van der Waals surface area (Å²) in [6.45, 7) is 0.998. The lowest BCUT2D eigenvalue weighted by Gasteiger charge is -2.26. The highest BCUT2D eigenvalue weighted by Gasteiger charge is 2.28. The monoisotopic (exact) mass is 379 g/mol. The number of para-hydroxylation sites is 1. The summed E-state index contributed by atoms with van der Waals surface area (Å²) in [5.74, 6) is -0.501. The molecule has 8 heteroatoms. The third-order valence-electron chi connectivity index (χ3n) is 4.07. The van der Waals surface area contributed by atoms with Gasteiger partial charge in [-0.15, -0.1) is 0 Å². The fourth-order valence-electron chi connectivity index (χ4n) is 2.78. The number of benzene rings is 1. The molecule has 2 aromatic rings. The maximum Gasteiger partial charge on any atom is 0.258 e. The van der Waals surface area contributed by atoms with Crippen molar-refractivity contribution in [1.82, 2.24) is 9.29 Å². The van der Waals surface area contributed by atoms with E-state index in [-0.39, 0.29) is 21.3 Å². The molecule has 6 nitrogen and oxygen atoms in total. The number of aromatic nitrogens is 1. The molecule has 1 aliphatic heterocycles. The Morgan fingerprint density at radius 2 is 1.80 bits per heavy atom. The standard InChI is InChI=1S/C17H18ClN3O3S/c18-16-13(7-6-10-19-16)17(22)20-14-8-2-3-9-15(14)25(23,24)21-11-4-1-5-12-21/h2-3,6-10H,1,4-5,11-12H2,(H,20,22). The molecule has 0 aliphatic carbocycles. The molecular weight excluding hydrogens is 362 g/mol. The topological polar surface area (TPSA) is 79.4 Å². The molecule has 1 amide bonds. The maximum atomic E-state index is 12.9. The van der Waals surface area contributed by atoms with Gasteiger partial charge in [0.15, 0.2) is 0 Å². The number of halogens is 1. The summed E-state index contributed by atoms with van der Waals surface area (Å²) in [6, 6.07) is 9.52. The minimum Gasteiger partial charge on any atom is -0.321 e. The second-order valence-electron chi connectivity index (χ2n) is 5.76. The van der Waals surface area contributed by atoms with Crippen LogP contribution in [0.5, 0.6) is 0 Å². The highest BCUT2D eigenvalue weighted by Crippen LogP contribution is 2.27. The number of sulfonamides is 1. The van der Waals surface area contributed by atoms with E-state index >= 15 is 0 Å². The number of rotatable bonds is 4. The van der Waals surface area contributed by atoms with Gasteiger partial charge >= 0.3 is 0 Å². The second-order valence-corrected chi connectivity index (χ2v) is 8.02. The highest BCUT2D eigenvalue weighted by molar-refractivity contribution is 7.89. The molecule has 0 radical (unpaired) electrons. The zero-order valence-corrected chi connectivity index (χ0v) is 15.1. The van der Waals surface area contributed by atoms with Gasteiger partial charge in [0.1, 0.15) is 10.0 Å². The molecule has 1 aromatic heterocycles. The van der Waals surface area contributed by atoms with Crippen LogP contribution in [0.2, 0.25) is 5.15 Å². The summed E-state index contributed by atoms with van der Waals surface area (Å²) >= 11 is 5.94. The van der Waals surface area contributed by atoms with Gasteiger partial charge in [-0.2, -0.15) is 4.31 Å². The molecule has 1 aromatic carbocycles. The molecule has 132 valence electrons. The minimum atomic E-state index is -3.66. The predicted molar refractivity (Wildman–Crippen MR) is 96.3 cm³/mol. The molecule has 1 saturated heterocycles. The summed E-state index contributed by atoms with van der Waals surface area (Å²) < 4.78 is 27.3. The van der Waals surface area contributed by atoms with E-state index in [1.165, 1.54) is 22.6 Å². The van der Waals surface area contributed by atoms with Crippen molar-refractivity contribution in [2.45, 2.75) is 24.2 Å². The Labute approximate surface area is 151 Å². The van der Waals surface area contributed by atoms with Crippen LogP contribution in [0.3, 0.4) is 0 Å². The third kappa shape index (κ3) is 3.84. The van der Waals surface area contributed by atoms with Gasteiger partial charge in [0, 0.05) is 19.3 Å². The number of carbonyl (C=O) groups is 1. The van der Waals surface area contributed by atoms with Crippen molar-refractivity contribution in [2.24, 2.45) is 0 Å². The van der Waals surface area contributed by atoms with E-state index in [0.29, 0.717) is 13.1 Å². The zero-order chi connectivity index (χ0) is 17.9. The molecular formula is C17H18ClN3O3S. The van der Waals surface area contributed by atoms with Gasteiger partial charge in [0.25, 0.3) is 5.91 Å². The second kappa shape index (κ2) is 7.51. The lowest BCUT2D eigenvalue weighted by atomic mass is 10.2. The van der Waals surface area contributed by atoms with E-state index in [2.05, 4.69) is 10.3 Å². The zero-order valence-electron chi connectivity index (χ0n) is 13.5. The van der Waals surface area contributed by atoms with Crippen LogP contribution in [0.4, 0.5) is 5.69 Å². The van der Waals surface area contributed by atoms with Crippen molar-refractivity contribution in [3.05, 3.63) is 53.3 Å². The quantitative estimate of drug-likeness (QED) is 0.827. The van der Waals surface area contributed by atoms with Gasteiger partial charge in [-0.25, -0.2) is 13.4 Å². The average molecular weight is 380 g/mol. The van der Waals surface area contributed by atoms with E-state index in [1.807, 2.05) is 0 Å². The smallest absolute Gasteiger partial charge is 0.258 e. The summed E-state index contributed by atoms with van der Waals surface area (Å²) in [7, 11) is -3.66. The van der Waals surface area contributed by atoms with Crippen LogP contribution in [0.1, 0.15) is 29.6 Å². The Hall–Kier alpha value is -1.96. The van der Waals surface area contributed by atoms with Crippen molar-refractivity contribution < 1.29 is 13.2 Å². The van der Waals surface area contributed by atoms with Gasteiger partial charge in [-0.05, 0) is 37.1 Å². The van der Waals surface area contributed by atoms with E-state index in [1.54, 1.807) is 24.3 Å². The van der Waals surface area contributed by atoms with E-state index in [0.717, 1.165) is 19.3 Å². The summed E-state index contributed by atoms with van der Waals surface area (Å²) in [5, 5.41) is 2.71. The molecule has 0 bridgehead atoms. The molecule has 1 aliphatic rings. The number of carbonyl (C=O) groups excluding carboxylic acids is 1. The summed E-state index contributed by atoms with van der Waals surface area (Å²) in [5.41, 5.74) is 0.423. The first-order chi connectivity index (χ1) is 12.0. The number of piperidine rings is 1. The Balaban J connectivity index is 1.91. The summed E-state index contributed by atoms with van der Waals surface area (Å²) in [6.07, 6.45) is 4.20. The normalized spacial score (nSPS) is 15.7.